The molecule has 0 amide bonds. The Labute approximate surface area is 312 Å². The first-order chi connectivity index (χ1) is 26.8. The zero-order valence-corrected chi connectivity index (χ0v) is 29.1. The minimum absolute atomic E-state index is 0.588. The van der Waals surface area contributed by atoms with Crippen molar-refractivity contribution in [1.29, 1.82) is 0 Å². The van der Waals surface area contributed by atoms with Crippen molar-refractivity contribution in [3.63, 3.8) is 0 Å². The second kappa shape index (κ2) is 11.9. The van der Waals surface area contributed by atoms with Gasteiger partial charge in [0.15, 0.2) is 17.5 Å². The van der Waals surface area contributed by atoms with E-state index >= 15 is 0 Å². The SMILES string of the molecule is c1ccc(-c2nc(-c3ccccc3)nc(-c3cccc4oc5ccc(C6(c7ccccc7)c7ccccc7-c7ccc8ccccc8c76)cc5c34)n2)cc1. The Morgan fingerprint density at radius 1 is 0.389 bits per heavy atom. The molecule has 0 radical (unpaired) electrons. The van der Waals surface area contributed by atoms with Crippen LogP contribution in [0.4, 0.5) is 0 Å². The molecule has 1 aliphatic rings. The number of benzene rings is 8. The van der Waals surface area contributed by atoms with E-state index in [4.69, 9.17) is 19.4 Å². The lowest BCUT2D eigenvalue weighted by Crippen LogP contribution is -2.28. The van der Waals surface area contributed by atoms with Crippen LogP contribution in [-0.2, 0) is 5.41 Å². The van der Waals surface area contributed by atoms with E-state index in [0.29, 0.717) is 17.5 Å². The molecule has 0 bridgehead atoms. The maximum atomic E-state index is 6.64. The molecule has 4 nitrogen and oxygen atoms in total. The molecule has 54 heavy (non-hydrogen) atoms. The van der Waals surface area contributed by atoms with Crippen LogP contribution in [0.3, 0.4) is 0 Å². The van der Waals surface area contributed by atoms with Crippen LogP contribution in [0.5, 0.6) is 0 Å². The van der Waals surface area contributed by atoms with Gasteiger partial charge in [0.1, 0.15) is 11.2 Å². The van der Waals surface area contributed by atoms with Crippen molar-refractivity contribution in [1.82, 2.24) is 15.0 Å². The van der Waals surface area contributed by atoms with Crippen molar-refractivity contribution in [3.8, 4) is 45.3 Å². The summed E-state index contributed by atoms with van der Waals surface area (Å²) in [5.74, 6) is 1.85. The van der Waals surface area contributed by atoms with E-state index in [2.05, 4.69) is 115 Å². The number of furan rings is 1. The number of rotatable bonds is 5. The van der Waals surface area contributed by atoms with E-state index in [0.717, 1.165) is 38.6 Å². The Balaban J connectivity index is 1.22. The van der Waals surface area contributed by atoms with E-state index in [1.54, 1.807) is 0 Å². The summed E-state index contributed by atoms with van der Waals surface area (Å²) in [4.78, 5) is 15.2. The molecule has 0 fully saturated rings. The normalized spacial score (nSPS) is 14.7. The van der Waals surface area contributed by atoms with Crippen molar-refractivity contribution < 1.29 is 4.42 Å². The summed E-state index contributed by atoms with van der Waals surface area (Å²) in [6, 6.07) is 66.3. The predicted octanol–water partition coefficient (Wildman–Crippen LogP) is 12.3. The maximum absolute atomic E-state index is 6.64. The van der Waals surface area contributed by atoms with E-state index in [-0.39, 0.29) is 0 Å². The van der Waals surface area contributed by atoms with Crippen LogP contribution >= 0.6 is 0 Å². The first-order valence-corrected chi connectivity index (χ1v) is 18.3. The average Bonchev–Trinajstić information content (AvgIpc) is 3.78. The Hall–Kier alpha value is -7.17. The molecular formula is C50H31N3O. The number of hydrogen-bond donors (Lipinski definition) is 0. The summed E-state index contributed by atoms with van der Waals surface area (Å²) in [7, 11) is 0. The smallest absolute Gasteiger partial charge is 0.164 e. The third-order valence-corrected chi connectivity index (χ3v) is 11.0. The zero-order valence-electron chi connectivity index (χ0n) is 29.1. The quantitative estimate of drug-likeness (QED) is 0.180. The van der Waals surface area contributed by atoms with E-state index in [9.17, 15) is 0 Å². The van der Waals surface area contributed by atoms with Gasteiger partial charge in [-0.15, -0.1) is 0 Å². The number of hydrogen-bond acceptors (Lipinski definition) is 4. The van der Waals surface area contributed by atoms with E-state index in [1.807, 2.05) is 72.8 Å². The van der Waals surface area contributed by atoms with Gasteiger partial charge in [0, 0.05) is 27.5 Å². The van der Waals surface area contributed by atoms with Crippen LogP contribution in [0.25, 0.3) is 78.0 Å². The van der Waals surface area contributed by atoms with Gasteiger partial charge in [-0.3, -0.25) is 0 Å². The fraction of sp³-hybridized carbons (Fsp3) is 0.0200. The topological polar surface area (TPSA) is 51.8 Å². The van der Waals surface area contributed by atoms with Crippen molar-refractivity contribution in [3.05, 3.63) is 210 Å². The van der Waals surface area contributed by atoms with Gasteiger partial charge in [0.2, 0.25) is 0 Å². The van der Waals surface area contributed by atoms with Crippen LogP contribution in [0, 0.1) is 0 Å². The molecule has 2 aromatic heterocycles. The standard InChI is InChI=1S/C50H31N3O/c1-4-16-33(17-5-1)47-51-48(34-18-6-2-7-19-34)53-49(52-47)40-24-14-26-44-45(40)41-31-36(28-30-43(41)54-44)50(35-20-8-3-9-21-35)42-25-13-12-23-38(42)39-29-27-32-15-10-11-22-37(32)46(39)50/h1-31H. The minimum Gasteiger partial charge on any atom is -0.456 e. The Bertz CT molecular complexity index is 2990. The summed E-state index contributed by atoms with van der Waals surface area (Å²) in [6.45, 7) is 0. The Morgan fingerprint density at radius 3 is 1.78 bits per heavy atom. The van der Waals surface area contributed by atoms with Gasteiger partial charge in [0.05, 0.1) is 5.41 Å². The van der Waals surface area contributed by atoms with Crippen molar-refractivity contribution in [2.45, 2.75) is 5.41 Å². The fourth-order valence-corrected chi connectivity index (χ4v) is 8.71. The lowest BCUT2D eigenvalue weighted by molar-refractivity contribution is 0.668. The molecule has 0 saturated carbocycles. The van der Waals surface area contributed by atoms with Crippen molar-refractivity contribution in [2.75, 3.05) is 0 Å². The van der Waals surface area contributed by atoms with E-state index in [1.165, 1.54) is 44.2 Å². The third-order valence-electron chi connectivity index (χ3n) is 11.0. The van der Waals surface area contributed by atoms with E-state index < -0.39 is 5.41 Å². The number of fused-ring (bicyclic) bond motifs is 8. The zero-order chi connectivity index (χ0) is 35.6. The molecule has 8 aromatic carbocycles. The van der Waals surface area contributed by atoms with Gasteiger partial charge in [-0.1, -0.05) is 170 Å². The van der Waals surface area contributed by atoms with Gasteiger partial charge in [-0.05, 0) is 62.4 Å². The average molecular weight is 690 g/mol. The highest BCUT2D eigenvalue weighted by Gasteiger charge is 2.47. The summed E-state index contributed by atoms with van der Waals surface area (Å²) in [5, 5.41) is 4.47. The van der Waals surface area contributed by atoms with Gasteiger partial charge < -0.3 is 4.42 Å². The van der Waals surface area contributed by atoms with Gasteiger partial charge in [-0.25, -0.2) is 15.0 Å². The molecule has 0 spiro atoms. The minimum atomic E-state index is -0.588. The molecule has 1 unspecified atom stereocenters. The second-order valence-electron chi connectivity index (χ2n) is 13.9. The number of nitrogens with zero attached hydrogens (tertiary/aromatic N) is 3. The monoisotopic (exact) mass is 689 g/mol. The molecular weight excluding hydrogens is 659 g/mol. The summed E-state index contributed by atoms with van der Waals surface area (Å²) < 4.78 is 6.64. The summed E-state index contributed by atoms with van der Waals surface area (Å²) in [5.41, 5.74) is 11.3. The highest BCUT2D eigenvalue weighted by molar-refractivity contribution is 6.12. The maximum Gasteiger partial charge on any atom is 0.164 e. The highest BCUT2D eigenvalue weighted by atomic mass is 16.3. The number of aromatic nitrogens is 3. The molecule has 0 saturated heterocycles. The lowest BCUT2D eigenvalue weighted by atomic mass is 9.66. The summed E-state index contributed by atoms with van der Waals surface area (Å²) in [6.07, 6.45) is 0. The Morgan fingerprint density at radius 2 is 1.02 bits per heavy atom. The molecule has 252 valence electrons. The van der Waals surface area contributed by atoms with Crippen LogP contribution < -0.4 is 0 Å². The molecule has 1 atom stereocenters. The molecule has 10 aromatic rings. The summed E-state index contributed by atoms with van der Waals surface area (Å²) >= 11 is 0. The fourth-order valence-electron chi connectivity index (χ4n) is 8.71. The molecule has 0 aliphatic heterocycles. The first kappa shape index (κ1) is 30.5. The van der Waals surface area contributed by atoms with Crippen LogP contribution in [0.1, 0.15) is 22.3 Å². The molecule has 11 rings (SSSR count). The first-order valence-electron chi connectivity index (χ1n) is 18.3. The van der Waals surface area contributed by atoms with Gasteiger partial charge in [-0.2, -0.15) is 0 Å². The van der Waals surface area contributed by atoms with Crippen LogP contribution in [0.2, 0.25) is 0 Å². The highest BCUT2D eigenvalue weighted by Crippen LogP contribution is 2.58. The second-order valence-corrected chi connectivity index (χ2v) is 13.9. The Kier molecular flexibility index (Phi) is 6.73. The third kappa shape index (κ3) is 4.47. The molecule has 4 heteroatoms. The predicted molar refractivity (Wildman–Crippen MR) is 218 cm³/mol. The van der Waals surface area contributed by atoms with Crippen molar-refractivity contribution in [2.24, 2.45) is 0 Å². The van der Waals surface area contributed by atoms with Gasteiger partial charge in [0.25, 0.3) is 0 Å². The molecule has 2 heterocycles. The van der Waals surface area contributed by atoms with Crippen LogP contribution in [0.15, 0.2) is 192 Å². The van der Waals surface area contributed by atoms with Gasteiger partial charge >= 0.3 is 0 Å². The molecule has 0 N–H and O–H groups in total. The lowest BCUT2D eigenvalue weighted by Gasteiger charge is -2.34. The van der Waals surface area contributed by atoms with Crippen LogP contribution in [-0.4, -0.2) is 15.0 Å². The molecule has 1 aliphatic carbocycles. The van der Waals surface area contributed by atoms with Crippen molar-refractivity contribution >= 4 is 32.7 Å². The largest absolute Gasteiger partial charge is 0.456 e.